The fourth-order valence-electron chi connectivity index (χ4n) is 3.19. The predicted octanol–water partition coefficient (Wildman–Crippen LogP) is 5.00. The first-order chi connectivity index (χ1) is 9.20. The number of nitrogens with two attached hydrogens (primary N) is 1. The van der Waals surface area contributed by atoms with Crippen molar-refractivity contribution in [2.45, 2.75) is 58.2 Å². The molecule has 0 aliphatic carbocycles. The Balaban J connectivity index is 3.30. The molecule has 0 bridgehead atoms. The standard InChI is InChI=1S/C16H25BrN2Si/c1-11(2)20(12(3)4,13(5)6)8-7-15-9-14(17)10-16(18)19-15/h9-13H,1-6H3,(H2,18,19). The van der Waals surface area contributed by atoms with Gasteiger partial charge in [-0.25, -0.2) is 4.98 Å². The van der Waals surface area contributed by atoms with Crippen molar-refractivity contribution >= 4 is 29.8 Å². The minimum Gasteiger partial charge on any atom is -0.384 e. The van der Waals surface area contributed by atoms with E-state index in [2.05, 4.69) is 73.9 Å². The zero-order chi connectivity index (χ0) is 15.5. The molecule has 0 atom stereocenters. The van der Waals surface area contributed by atoms with Gasteiger partial charge in [-0.05, 0) is 28.8 Å². The van der Waals surface area contributed by atoms with Crippen LogP contribution in [0.5, 0.6) is 0 Å². The van der Waals surface area contributed by atoms with Crippen LogP contribution in [0.1, 0.15) is 47.2 Å². The molecule has 0 fully saturated rings. The van der Waals surface area contributed by atoms with E-state index >= 15 is 0 Å². The Morgan fingerprint density at radius 3 is 1.95 bits per heavy atom. The Morgan fingerprint density at radius 2 is 1.55 bits per heavy atom. The van der Waals surface area contributed by atoms with Crippen molar-refractivity contribution in [3.05, 3.63) is 22.3 Å². The van der Waals surface area contributed by atoms with Gasteiger partial charge in [-0.1, -0.05) is 63.4 Å². The third-order valence-corrected chi connectivity index (χ3v) is 10.8. The van der Waals surface area contributed by atoms with E-state index < -0.39 is 8.07 Å². The van der Waals surface area contributed by atoms with Gasteiger partial charge in [0.2, 0.25) is 0 Å². The summed E-state index contributed by atoms with van der Waals surface area (Å²) in [5.74, 6) is 3.81. The van der Waals surface area contributed by atoms with Crippen molar-refractivity contribution in [3.8, 4) is 11.5 Å². The molecule has 0 unspecified atom stereocenters. The van der Waals surface area contributed by atoms with Gasteiger partial charge in [0.1, 0.15) is 19.6 Å². The zero-order valence-corrected chi connectivity index (χ0v) is 15.9. The van der Waals surface area contributed by atoms with Crippen LogP contribution in [-0.2, 0) is 0 Å². The molecule has 0 radical (unpaired) electrons. The average Bonchev–Trinajstić information content (AvgIpc) is 2.26. The fraction of sp³-hybridized carbons (Fsp3) is 0.562. The summed E-state index contributed by atoms with van der Waals surface area (Å²) in [4.78, 5) is 4.31. The zero-order valence-electron chi connectivity index (χ0n) is 13.3. The lowest BCUT2D eigenvalue weighted by Crippen LogP contribution is -2.43. The third-order valence-electron chi connectivity index (χ3n) is 4.08. The first-order valence-corrected chi connectivity index (χ1v) is 10.2. The highest BCUT2D eigenvalue weighted by Gasteiger charge is 2.41. The average molecular weight is 353 g/mol. The topological polar surface area (TPSA) is 38.9 Å². The van der Waals surface area contributed by atoms with Gasteiger partial charge in [0.25, 0.3) is 0 Å². The molecule has 2 N–H and O–H groups in total. The Morgan fingerprint density at radius 1 is 1.05 bits per heavy atom. The van der Waals surface area contributed by atoms with Crippen LogP contribution in [0.3, 0.4) is 0 Å². The second-order valence-electron chi connectivity index (χ2n) is 6.24. The van der Waals surface area contributed by atoms with Gasteiger partial charge in [0.15, 0.2) is 0 Å². The van der Waals surface area contributed by atoms with Crippen LogP contribution in [0.25, 0.3) is 0 Å². The number of hydrogen-bond donors (Lipinski definition) is 1. The quantitative estimate of drug-likeness (QED) is 0.614. The first-order valence-electron chi connectivity index (χ1n) is 7.16. The molecule has 0 aliphatic heterocycles. The van der Waals surface area contributed by atoms with Gasteiger partial charge in [0, 0.05) is 4.47 Å². The van der Waals surface area contributed by atoms with E-state index in [1.54, 1.807) is 6.07 Å². The molecule has 0 amide bonds. The molecule has 1 rings (SSSR count). The van der Waals surface area contributed by atoms with E-state index in [1.165, 1.54) is 0 Å². The molecule has 1 aromatic heterocycles. The number of rotatable bonds is 3. The summed E-state index contributed by atoms with van der Waals surface area (Å²) in [6.07, 6.45) is 0. The minimum absolute atomic E-state index is 0.509. The fourth-order valence-corrected chi connectivity index (χ4v) is 8.85. The minimum atomic E-state index is -1.70. The summed E-state index contributed by atoms with van der Waals surface area (Å²) in [7, 11) is -1.70. The van der Waals surface area contributed by atoms with Crippen molar-refractivity contribution in [1.82, 2.24) is 4.98 Å². The Kier molecular flexibility index (Phi) is 5.85. The molecule has 1 heterocycles. The molecule has 1 aromatic rings. The highest BCUT2D eigenvalue weighted by atomic mass is 79.9. The number of halogens is 1. The van der Waals surface area contributed by atoms with Crippen LogP contribution >= 0.6 is 15.9 Å². The summed E-state index contributed by atoms with van der Waals surface area (Å²) in [5, 5.41) is 0. The van der Waals surface area contributed by atoms with E-state index in [1.807, 2.05) is 6.07 Å². The maximum atomic E-state index is 5.78. The van der Waals surface area contributed by atoms with Gasteiger partial charge in [-0.15, -0.1) is 5.54 Å². The monoisotopic (exact) mass is 352 g/mol. The van der Waals surface area contributed by atoms with Crippen molar-refractivity contribution in [3.63, 3.8) is 0 Å². The molecular formula is C16H25BrN2Si. The molecular weight excluding hydrogens is 328 g/mol. The highest BCUT2D eigenvalue weighted by molar-refractivity contribution is 9.10. The van der Waals surface area contributed by atoms with Crippen LogP contribution in [0, 0.1) is 11.5 Å². The van der Waals surface area contributed by atoms with Gasteiger partial charge in [-0.3, -0.25) is 0 Å². The summed E-state index contributed by atoms with van der Waals surface area (Å²) >= 11 is 3.44. The third kappa shape index (κ3) is 3.65. The van der Waals surface area contributed by atoms with Gasteiger partial charge >= 0.3 is 0 Å². The molecule has 110 valence electrons. The second kappa shape index (κ2) is 6.78. The van der Waals surface area contributed by atoms with E-state index in [9.17, 15) is 0 Å². The molecule has 2 nitrogen and oxygen atoms in total. The van der Waals surface area contributed by atoms with Crippen molar-refractivity contribution in [2.75, 3.05) is 5.73 Å². The molecule has 4 heteroatoms. The molecule has 0 spiro atoms. The first kappa shape index (κ1) is 17.3. The number of hydrogen-bond acceptors (Lipinski definition) is 2. The summed E-state index contributed by atoms with van der Waals surface area (Å²) in [6, 6.07) is 3.73. The summed E-state index contributed by atoms with van der Waals surface area (Å²) in [6.45, 7) is 13.9. The largest absolute Gasteiger partial charge is 0.384 e. The maximum absolute atomic E-state index is 5.78. The Hall–Kier alpha value is -0.793. The lowest BCUT2D eigenvalue weighted by molar-refractivity contribution is 0.838. The predicted molar refractivity (Wildman–Crippen MR) is 94.3 cm³/mol. The van der Waals surface area contributed by atoms with Gasteiger partial charge in [-0.2, -0.15) is 0 Å². The van der Waals surface area contributed by atoms with E-state index in [0.717, 1.165) is 10.2 Å². The number of nitrogens with zero attached hydrogens (tertiary/aromatic N) is 1. The summed E-state index contributed by atoms with van der Waals surface area (Å²) in [5.41, 5.74) is 12.1. The number of pyridine rings is 1. The maximum Gasteiger partial charge on any atom is 0.146 e. The Bertz CT molecular complexity index is 485. The van der Waals surface area contributed by atoms with Crippen molar-refractivity contribution in [2.24, 2.45) is 0 Å². The van der Waals surface area contributed by atoms with Crippen LogP contribution in [0.2, 0.25) is 16.6 Å². The molecule has 20 heavy (non-hydrogen) atoms. The van der Waals surface area contributed by atoms with Crippen LogP contribution in [-0.4, -0.2) is 13.1 Å². The van der Waals surface area contributed by atoms with Gasteiger partial charge in [0.05, 0.1) is 0 Å². The van der Waals surface area contributed by atoms with Gasteiger partial charge < -0.3 is 5.73 Å². The van der Waals surface area contributed by atoms with Crippen LogP contribution in [0.4, 0.5) is 5.82 Å². The second-order valence-corrected chi connectivity index (χ2v) is 12.7. The van der Waals surface area contributed by atoms with E-state index in [0.29, 0.717) is 22.4 Å². The van der Waals surface area contributed by atoms with E-state index in [4.69, 9.17) is 5.73 Å². The van der Waals surface area contributed by atoms with Crippen LogP contribution < -0.4 is 5.73 Å². The molecule has 0 saturated carbocycles. The smallest absolute Gasteiger partial charge is 0.146 e. The number of nitrogen functional groups attached to an aromatic ring is 1. The number of aromatic nitrogens is 1. The molecule has 0 aliphatic rings. The normalized spacial score (nSPS) is 11.9. The number of anilines is 1. The molecule has 0 saturated heterocycles. The van der Waals surface area contributed by atoms with Crippen molar-refractivity contribution < 1.29 is 0 Å². The van der Waals surface area contributed by atoms with Crippen LogP contribution in [0.15, 0.2) is 16.6 Å². The highest BCUT2D eigenvalue weighted by Crippen LogP contribution is 2.40. The SMILES string of the molecule is CC(C)[Si](C#Cc1cc(Br)cc(N)n1)(C(C)C)C(C)C. The Labute approximate surface area is 132 Å². The lowest BCUT2D eigenvalue weighted by Gasteiger charge is -2.38. The van der Waals surface area contributed by atoms with E-state index in [-0.39, 0.29) is 0 Å². The van der Waals surface area contributed by atoms with Crippen molar-refractivity contribution in [1.29, 1.82) is 0 Å². The summed E-state index contributed by atoms with van der Waals surface area (Å²) < 4.78 is 0.931. The lowest BCUT2D eigenvalue weighted by atomic mass is 10.3. The molecule has 0 aromatic carbocycles.